The van der Waals surface area contributed by atoms with Crippen LogP contribution in [0.2, 0.25) is 0 Å². The number of aromatic nitrogens is 1. The van der Waals surface area contributed by atoms with Crippen molar-refractivity contribution in [1.29, 1.82) is 0 Å². The van der Waals surface area contributed by atoms with Gasteiger partial charge in [0, 0.05) is 26.1 Å². The average Bonchev–Trinajstić information content (AvgIpc) is 2.37. The van der Waals surface area contributed by atoms with Crippen LogP contribution in [-0.2, 0) is 4.79 Å². The summed E-state index contributed by atoms with van der Waals surface area (Å²) in [6.07, 6.45) is 4.85. The largest absolute Gasteiger partial charge is 0.618 e. The van der Waals surface area contributed by atoms with Gasteiger partial charge in [0.1, 0.15) is 5.69 Å². The molecule has 1 amide bonds. The van der Waals surface area contributed by atoms with Gasteiger partial charge in [0.15, 0.2) is 6.20 Å². The fraction of sp³-hybridized carbons (Fsp3) is 0.429. The van der Waals surface area contributed by atoms with Crippen molar-refractivity contribution in [1.82, 2.24) is 5.32 Å². The summed E-state index contributed by atoms with van der Waals surface area (Å²) >= 11 is 0. The van der Waals surface area contributed by atoms with Gasteiger partial charge < -0.3 is 15.8 Å². The van der Waals surface area contributed by atoms with Crippen LogP contribution in [0, 0.1) is 18.0 Å². The Bertz CT molecular complexity index is 456. The zero-order valence-corrected chi connectivity index (χ0v) is 11.6. The lowest BCUT2D eigenvalue weighted by atomic mass is 10.2. The standard InChI is InChI=1S/C14H21N3O2/c1-11(2)6-7-14(18)16-9-8-15-13-5-4-10-17(19)12(13)3/h4-7,10-11,15H,8-9H2,1-3H3,(H,16,18)/b7-6+. The first-order chi connectivity index (χ1) is 9.00. The number of hydrogen-bond acceptors (Lipinski definition) is 3. The van der Waals surface area contributed by atoms with Gasteiger partial charge in [-0.05, 0) is 18.1 Å². The highest BCUT2D eigenvalue weighted by atomic mass is 16.5. The Hall–Kier alpha value is -2.04. The predicted octanol–water partition coefficient (Wildman–Crippen LogP) is 1.37. The minimum absolute atomic E-state index is 0.0980. The van der Waals surface area contributed by atoms with E-state index in [2.05, 4.69) is 10.6 Å². The van der Waals surface area contributed by atoms with E-state index in [4.69, 9.17) is 0 Å². The Morgan fingerprint density at radius 3 is 2.89 bits per heavy atom. The third-order valence-corrected chi connectivity index (χ3v) is 2.58. The first kappa shape index (κ1) is 15.0. The fourth-order valence-corrected chi connectivity index (χ4v) is 1.48. The predicted molar refractivity (Wildman–Crippen MR) is 75.6 cm³/mol. The number of nitrogens with one attached hydrogen (secondary N) is 2. The van der Waals surface area contributed by atoms with Gasteiger partial charge in [0.2, 0.25) is 11.6 Å². The molecule has 1 aromatic rings. The molecule has 0 radical (unpaired) electrons. The molecule has 0 aromatic carbocycles. The molecule has 0 saturated carbocycles. The number of pyridine rings is 1. The SMILES string of the molecule is Cc1c(NCCNC(=O)/C=C/C(C)C)ccc[n+]1[O-]. The summed E-state index contributed by atoms with van der Waals surface area (Å²) in [4.78, 5) is 11.4. The maximum Gasteiger partial charge on any atom is 0.243 e. The molecule has 104 valence electrons. The number of carbonyl (C=O) groups excluding carboxylic acids is 1. The molecule has 1 aromatic heterocycles. The second kappa shape index (κ2) is 7.41. The highest BCUT2D eigenvalue weighted by molar-refractivity contribution is 5.87. The molecule has 0 fully saturated rings. The van der Waals surface area contributed by atoms with Crippen molar-refractivity contribution in [3.63, 3.8) is 0 Å². The number of anilines is 1. The van der Waals surface area contributed by atoms with E-state index in [9.17, 15) is 10.0 Å². The topological polar surface area (TPSA) is 68.1 Å². The third kappa shape index (κ3) is 5.42. The molecule has 0 unspecified atom stereocenters. The Balaban J connectivity index is 2.31. The lowest BCUT2D eigenvalue weighted by Crippen LogP contribution is -2.31. The van der Waals surface area contributed by atoms with Crippen molar-refractivity contribution < 1.29 is 9.52 Å². The zero-order valence-electron chi connectivity index (χ0n) is 11.6. The summed E-state index contributed by atoms with van der Waals surface area (Å²) in [5, 5.41) is 17.2. The third-order valence-electron chi connectivity index (χ3n) is 2.58. The lowest BCUT2D eigenvalue weighted by Gasteiger charge is -2.09. The van der Waals surface area contributed by atoms with Crippen molar-refractivity contribution in [3.8, 4) is 0 Å². The van der Waals surface area contributed by atoms with Crippen molar-refractivity contribution >= 4 is 11.6 Å². The van der Waals surface area contributed by atoms with Crippen LogP contribution in [0.3, 0.4) is 0 Å². The zero-order chi connectivity index (χ0) is 14.3. The minimum Gasteiger partial charge on any atom is -0.618 e. The molecule has 0 bridgehead atoms. The van der Waals surface area contributed by atoms with Gasteiger partial charge >= 0.3 is 0 Å². The number of carbonyl (C=O) groups is 1. The van der Waals surface area contributed by atoms with Crippen LogP contribution in [0.15, 0.2) is 30.5 Å². The molecule has 0 aliphatic heterocycles. The molecule has 0 aliphatic carbocycles. The Kier molecular flexibility index (Phi) is 5.85. The Morgan fingerprint density at radius 1 is 1.47 bits per heavy atom. The van der Waals surface area contributed by atoms with Crippen molar-refractivity contribution in [2.75, 3.05) is 18.4 Å². The van der Waals surface area contributed by atoms with Crippen LogP contribution in [0.1, 0.15) is 19.5 Å². The van der Waals surface area contributed by atoms with Crippen LogP contribution >= 0.6 is 0 Å². The molecule has 5 nitrogen and oxygen atoms in total. The first-order valence-corrected chi connectivity index (χ1v) is 6.39. The number of allylic oxidation sites excluding steroid dienone is 1. The normalized spacial score (nSPS) is 10.9. The number of hydrogen-bond donors (Lipinski definition) is 2. The first-order valence-electron chi connectivity index (χ1n) is 6.39. The average molecular weight is 263 g/mol. The molecule has 19 heavy (non-hydrogen) atoms. The van der Waals surface area contributed by atoms with Crippen LogP contribution in [0.4, 0.5) is 5.69 Å². The summed E-state index contributed by atoms with van der Waals surface area (Å²) in [5.74, 6) is 0.266. The van der Waals surface area contributed by atoms with Gasteiger partial charge in [-0.3, -0.25) is 4.79 Å². The molecule has 0 saturated heterocycles. The van der Waals surface area contributed by atoms with Crippen molar-refractivity contribution in [2.45, 2.75) is 20.8 Å². The van der Waals surface area contributed by atoms with Gasteiger partial charge in [0.25, 0.3) is 0 Å². The lowest BCUT2D eigenvalue weighted by molar-refractivity contribution is -0.611. The summed E-state index contributed by atoms with van der Waals surface area (Å²) in [7, 11) is 0. The van der Waals surface area contributed by atoms with Crippen LogP contribution in [-0.4, -0.2) is 19.0 Å². The quantitative estimate of drug-likeness (QED) is 0.352. The molecule has 1 heterocycles. The van der Waals surface area contributed by atoms with E-state index < -0.39 is 0 Å². The highest BCUT2D eigenvalue weighted by Gasteiger charge is 2.05. The van der Waals surface area contributed by atoms with E-state index in [1.54, 1.807) is 19.1 Å². The van der Waals surface area contributed by atoms with Crippen LogP contribution in [0.5, 0.6) is 0 Å². The Morgan fingerprint density at radius 2 is 2.21 bits per heavy atom. The maximum atomic E-state index is 11.4. The van der Waals surface area contributed by atoms with Gasteiger partial charge in [-0.1, -0.05) is 19.9 Å². The fourth-order valence-electron chi connectivity index (χ4n) is 1.48. The van der Waals surface area contributed by atoms with E-state index in [-0.39, 0.29) is 5.91 Å². The van der Waals surface area contributed by atoms with Crippen LogP contribution in [0.25, 0.3) is 0 Å². The van der Waals surface area contributed by atoms with Crippen molar-refractivity contribution in [3.05, 3.63) is 41.4 Å². The van der Waals surface area contributed by atoms with Crippen molar-refractivity contribution in [2.24, 2.45) is 5.92 Å². The molecular formula is C14H21N3O2. The summed E-state index contributed by atoms with van der Waals surface area (Å²) < 4.78 is 0.812. The smallest absolute Gasteiger partial charge is 0.243 e. The number of amides is 1. The van der Waals surface area contributed by atoms with E-state index in [0.717, 1.165) is 10.4 Å². The van der Waals surface area contributed by atoms with E-state index in [1.807, 2.05) is 26.0 Å². The molecule has 0 atom stereocenters. The Labute approximate surface area is 113 Å². The summed E-state index contributed by atoms with van der Waals surface area (Å²) in [6.45, 7) is 6.86. The molecule has 5 heteroatoms. The van der Waals surface area contributed by atoms with E-state index in [1.165, 1.54) is 6.20 Å². The van der Waals surface area contributed by atoms with Gasteiger partial charge in [-0.25, -0.2) is 0 Å². The molecular weight excluding hydrogens is 242 g/mol. The highest BCUT2D eigenvalue weighted by Crippen LogP contribution is 2.07. The van der Waals surface area contributed by atoms with Gasteiger partial charge in [-0.2, -0.15) is 4.73 Å². The van der Waals surface area contributed by atoms with Gasteiger partial charge in [0.05, 0.1) is 0 Å². The molecule has 0 spiro atoms. The van der Waals surface area contributed by atoms with Gasteiger partial charge in [-0.15, -0.1) is 0 Å². The monoisotopic (exact) mass is 263 g/mol. The second-order valence-electron chi connectivity index (χ2n) is 4.65. The summed E-state index contributed by atoms with van der Waals surface area (Å²) in [5.41, 5.74) is 1.40. The second-order valence-corrected chi connectivity index (χ2v) is 4.65. The number of rotatable bonds is 6. The number of nitrogens with zero attached hydrogens (tertiary/aromatic N) is 1. The van der Waals surface area contributed by atoms with E-state index >= 15 is 0 Å². The maximum absolute atomic E-state index is 11.4. The minimum atomic E-state index is -0.0980. The molecule has 0 aliphatic rings. The summed E-state index contributed by atoms with van der Waals surface area (Å²) in [6, 6.07) is 3.52. The molecule has 1 rings (SSSR count). The van der Waals surface area contributed by atoms with E-state index in [0.29, 0.717) is 24.7 Å². The van der Waals surface area contributed by atoms with Crippen LogP contribution < -0.4 is 15.4 Å². The molecule has 2 N–H and O–H groups in total.